The van der Waals surface area contributed by atoms with Crippen LogP contribution < -0.4 is 14.9 Å². The zero-order chi connectivity index (χ0) is 20.7. The van der Waals surface area contributed by atoms with E-state index in [9.17, 15) is 13.2 Å². The van der Waals surface area contributed by atoms with Crippen molar-refractivity contribution in [1.29, 1.82) is 0 Å². The fourth-order valence-electron chi connectivity index (χ4n) is 2.12. The fourth-order valence-corrected chi connectivity index (χ4v) is 2.39. The predicted molar refractivity (Wildman–Crippen MR) is 103 cm³/mol. The van der Waals surface area contributed by atoms with Gasteiger partial charge < -0.3 is 9.47 Å². The lowest BCUT2D eigenvalue weighted by Crippen LogP contribution is -2.11. The largest absolute Gasteiger partial charge is 0.490 e. The molecule has 0 unspecified atom stereocenters. The van der Waals surface area contributed by atoms with E-state index >= 15 is 0 Å². The van der Waals surface area contributed by atoms with Crippen molar-refractivity contribution in [2.45, 2.75) is 39.5 Å². The quantitative estimate of drug-likeness (QED) is 0.439. The number of alkyl halides is 3. The lowest BCUT2D eigenvalue weighted by molar-refractivity contribution is -0.137. The van der Waals surface area contributed by atoms with Crippen LogP contribution >= 0.6 is 11.6 Å². The molecule has 0 spiro atoms. The lowest BCUT2D eigenvalue weighted by Gasteiger charge is -2.18. The number of benzene rings is 1. The van der Waals surface area contributed by atoms with Crippen molar-refractivity contribution in [3.05, 3.63) is 46.6 Å². The molecule has 28 heavy (non-hydrogen) atoms. The predicted octanol–water partition coefficient (Wildman–Crippen LogP) is 5.78. The van der Waals surface area contributed by atoms with Crippen LogP contribution in [0.5, 0.6) is 11.5 Å². The Bertz CT molecular complexity index is 811. The Morgan fingerprint density at radius 2 is 2.04 bits per heavy atom. The van der Waals surface area contributed by atoms with E-state index in [2.05, 4.69) is 15.5 Å². The Kier molecular flexibility index (Phi) is 7.51. The Hall–Kier alpha value is -2.48. The molecular formula is C19H21ClF3N3O2. The van der Waals surface area contributed by atoms with Crippen LogP contribution in [-0.4, -0.2) is 23.9 Å². The third-order valence-electron chi connectivity index (χ3n) is 3.71. The number of hydrogen-bond acceptors (Lipinski definition) is 5. The normalized spacial score (nSPS) is 12.8. The van der Waals surface area contributed by atoms with E-state index in [1.54, 1.807) is 12.1 Å². The number of halogens is 4. The van der Waals surface area contributed by atoms with Gasteiger partial charge in [-0.25, -0.2) is 4.98 Å². The molecule has 5 nitrogen and oxygen atoms in total. The summed E-state index contributed by atoms with van der Waals surface area (Å²) in [5, 5.41) is 4.35. The van der Waals surface area contributed by atoms with Crippen molar-refractivity contribution >= 4 is 23.6 Å². The monoisotopic (exact) mass is 415 g/mol. The highest BCUT2D eigenvalue weighted by atomic mass is 35.5. The Morgan fingerprint density at radius 3 is 2.61 bits per heavy atom. The summed E-state index contributed by atoms with van der Waals surface area (Å²) in [4.78, 5) is 3.68. The molecule has 9 heteroatoms. The molecule has 0 saturated heterocycles. The summed E-state index contributed by atoms with van der Waals surface area (Å²) in [6.45, 7) is 6.21. The van der Waals surface area contributed by atoms with E-state index in [-0.39, 0.29) is 11.9 Å². The first-order chi connectivity index (χ1) is 13.2. The minimum atomic E-state index is -4.43. The summed E-state index contributed by atoms with van der Waals surface area (Å²) < 4.78 is 49.1. The molecule has 0 saturated carbocycles. The third kappa shape index (κ3) is 6.02. The van der Waals surface area contributed by atoms with Gasteiger partial charge >= 0.3 is 6.18 Å². The van der Waals surface area contributed by atoms with Crippen LogP contribution in [0.25, 0.3) is 0 Å². The number of rotatable bonds is 8. The van der Waals surface area contributed by atoms with Gasteiger partial charge in [0.2, 0.25) is 0 Å². The SMILES string of the molecule is CCOc1cc(/C=N\Nc2ccc(C(F)(F)F)cn2)cc(Cl)c1O[C@H](C)CC. The number of pyridine rings is 1. The number of nitrogens with one attached hydrogen (secondary N) is 1. The van der Waals surface area contributed by atoms with Crippen LogP contribution in [-0.2, 0) is 6.18 Å². The van der Waals surface area contributed by atoms with Crippen LogP contribution in [0, 0.1) is 0 Å². The first-order valence-electron chi connectivity index (χ1n) is 8.69. The van der Waals surface area contributed by atoms with Gasteiger partial charge in [0.05, 0.1) is 29.5 Å². The van der Waals surface area contributed by atoms with Crippen molar-refractivity contribution in [2.75, 3.05) is 12.0 Å². The molecule has 0 amide bonds. The molecule has 2 rings (SSSR count). The van der Waals surface area contributed by atoms with Gasteiger partial charge in [-0.1, -0.05) is 18.5 Å². The minimum absolute atomic E-state index is 0.0244. The fraction of sp³-hybridized carbons (Fsp3) is 0.368. The van der Waals surface area contributed by atoms with E-state index < -0.39 is 11.7 Å². The molecule has 0 aliphatic heterocycles. The summed E-state index contributed by atoms with van der Waals surface area (Å²) in [6, 6.07) is 5.50. The van der Waals surface area contributed by atoms with Crippen molar-refractivity contribution in [3.63, 3.8) is 0 Å². The molecule has 152 valence electrons. The summed E-state index contributed by atoms with van der Waals surface area (Å²) in [5.41, 5.74) is 2.38. The number of hydrogen-bond donors (Lipinski definition) is 1. The van der Waals surface area contributed by atoms with E-state index in [0.717, 1.165) is 18.7 Å². The second-order valence-corrected chi connectivity index (χ2v) is 6.31. The number of ether oxygens (including phenoxy) is 2. The van der Waals surface area contributed by atoms with Gasteiger partial charge in [-0.05, 0) is 50.1 Å². The molecule has 2 aromatic rings. The highest BCUT2D eigenvalue weighted by Gasteiger charge is 2.30. The second-order valence-electron chi connectivity index (χ2n) is 5.90. The van der Waals surface area contributed by atoms with Crippen molar-refractivity contribution in [3.8, 4) is 11.5 Å². The van der Waals surface area contributed by atoms with Crippen molar-refractivity contribution in [2.24, 2.45) is 5.10 Å². The van der Waals surface area contributed by atoms with Crippen LogP contribution in [0.3, 0.4) is 0 Å². The van der Waals surface area contributed by atoms with E-state index in [0.29, 0.717) is 28.7 Å². The van der Waals surface area contributed by atoms with Gasteiger partial charge in [-0.2, -0.15) is 18.3 Å². The highest BCUT2D eigenvalue weighted by Crippen LogP contribution is 2.37. The molecule has 0 fully saturated rings. The molecule has 1 aromatic heterocycles. The number of aromatic nitrogens is 1. The first kappa shape index (κ1) is 21.8. The highest BCUT2D eigenvalue weighted by molar-refractivity contribution is 6.32. The Morgan fingerprint density at radius 1 is 1.29 bits per heavy atom. The molecule has 1 aromatic carbocycles. The van der Waals surface area contributed by atoms with Crippen molar-refractivity contribution in [1.82, 2.24) is 4.98 Å². The molecule has 1 atom stereocenters. The zero-order valence-electron chi connectivity index (χ0n) is 15.7. The maximum absolute atomic E-state index is 12.5. The maximum Gasteiger partial charge on any atom is 0.417 e. The van der Waals surface area contributed by atoms with Crippen LogP contribution in [0.2, 0.25) is 5.02 Å². The van der Waals surface area contributed by atoms with Gasteiger partial charge in [0.15, 0.2) is 11.5 Å². The molecular weight excluding hydrogens is 395 g/mol. The summed E-state index contributed by atoms with van der Waals surface area (Å²) in [5.74, 6) is 1.13. The number of anilines is 1. The van der Waals surface area contributed by atoms with Gasteiger partial charge in [0.1, 0.15) is 5.82 Å². The van der Waals surface area contributed by atoms with Gasteiger partial charge in [-0.15, -0.1) is 0 Å². The lowest BCUT2D eigenvalue weighted by atomic mass is 10.2. The second kappa shape index (κ2) is 9.64. The molecule has 0 bridgehead atoms. The number of hydrazone groups is 1. The Labute approximate surface area is 166 Å². The van der Waals surface area contributed by atoms with Crippen molar-refractivity contribution < 1.29 is 22.6 Å². The standard InChI is InChI=1S/C19H21ClF3N3O2/c1-4-12(3)28-18-15(20)8-13(9-16(18)27-5-2)10-25-26-17-7-6-14(11-24-17)19(21,22)23/h6-12H,4-5H2,1-3H3,(H,24,26)/b25-10-/t12-/m1/s1. The Balaban J connectivity index is 2.14. The number of nitrogens with zero attached hydrogens (tertiary/aromatic N) is 2. The van der Waals surface area contributed by atoms with E-state index in [1.165, 1.54) is 12.3 Å². The zero-order valence-corrected chi connectivity index (χ0v) is 16.4. The molecule has 1 N–H and O–H groups in total. The topological polar surface area (TPSA) is 55.7 Å². The smallest absolute Gasteiger partial charge is 0.417 e. The van der Waals surface area contributed by atoms with E-state index in [1.807, 2.05) is 20.8 Å². The average molecular weight is 416 g/mol. The van der Waals surface area contributed by atoms with Gasteiger partial charge in [0.25, 0.3) is 0 Å². The van der Waals surface area contributed by atoms with Gasteiger partial charge in [0, 0.05) is 6.20 Å². The maximum atomic E-state index is 12.5. The van der Waals surface area contributed by atoms with Crippen LogP contribution in [0.4, 0.5) is 19.0 Å². The van der Waals surface area contributed by atoms with E-state index in [4.69, 9.17) is 21.1 Å². The third-order valence-corrected chi connectivity index (χ3v) is 3.99. The molecule has 0 aliphatic carbocycles. The summed E-state index contributed by atoms with van der Waals surface area (Å²) in [6.07, 6.45) is -1.44. The summed E-state index contributed by atoms with van der Waals surface area (Å²) >= 11 is 6.32. The molecule has 0 aliphatic rings. The van der Waals surface area contributed by atoms with Gasteiger partial charge in [-0.3, -0.25) is 5.43 Å². The molecule has 1 heterocycles. The van der Waals surface area contributed by atoms with Crippen LogP contribution in [0.1, 0.15) is 38.3 Å². The minimum Gasteiger partial charge on any atom is -0.490 e. The summed E-state index contributed by atoms with van der Waals surface area (Å²) in [7, 11) is 0. The van der Waals surface area contributed by atoms with Crippen LogP contribution in [0.15, 0.2) is 35.6 Å². The average Bonchev–Trinajstić information content (AvgIpc) is 2.64. The molecule has 0 radical (unpaired) electrons. The first-order valence-corrected chi connectivity index (χ1v) is 9.07.